The highest BCUT2D eigenvalue weighted by Gasteiger charge is 2.23. The quantitative estimate of drug-likeness (QED) is 0.446. The fraction of sp³-hybridized carbons (Fsp3) is 0.273. The van der Waals surface area contributed by atoms with E-state index in [0.29, 0.717) is 23.8 Å². The second kappa shape index (κ2) is 10.6. The Morgan fingerprint density at radius 1 is 1.16 bits per heavy atom. The first-order valence-electron chi connectivity index (χ1n) is 9.83. The maximum atomic E-state index is 12.4. The van der Waals surface area contributed by atoms with Crippen LogP contribution >= 0.6 is 11.3 Å². The van der Waals surface area contributed by atoms with Gasteiger partial charge in [-0.3, -0.25) is 4.79 Å². The number of ether oxygens (including phenoxy) is 3. The number of nitrogens with zero attached hydrogens (tertiary/aromatic N) is 1. The largest absolute Gasteiger partial charge is 0.493 e. The molecule has 32 heavy (non-hydrogen) atoms. The molecule has 0 aliphatic rings. The Morgan fingerprint density at radius 3 is 2.59 bits per heavy atom. The number of carbonyl (C=O) groups is 1. The number of hydrogen-bond donors (Lipinski definition) is 1. The summed E-state index contributed by atoms with van der Waals surface area (Å²) < 4.78 is 43.2. The topological polar surface area (TPSA) is 104 Å². The van der Waals surface area contributed by atoms with Crippen molar-refractivity contribution in [3.8, 4) is 22.1 Å². The molecule has 2 aromatic carbocycles. The number of benzene rings is 2. The zero-order valence-corrected chi connectivity index (χ0v) is 19.5. The van der Waals surface area contributed by atoms with Gasteiger partial charge in [0.25, 0.3) is 0 Å². The lowest BCUT2D eigenvalue weighted by atomic mass is 10.2. The first-order chi connectivity index (χ1) is 15.3. The summed E-state index contributed by atoms with van der Waals surface area (Å²) in [6.07, 6.45) is 0. The molecule has 1 heterocycles. The van der Waals surface area contributed by atoms with Gasteiger partial charge in [-0.15, -0.1) is 11.3 Å². The predicted molar refractivity (Wildman–Crippen MR) is 121 cm³/mol. The second-order valence-electron chi connectivity index (χ2n) is 6.71. The molecule has 0 saturated heterocycles. The zero-order valence-electron chi connectivity index (χ0n) is 17.9. The minimum Gasteiger partial charge on any atom is -0.493 e. The van der Waals surface area contributed by atoms with Gasteiger partial charge in [0.05, 0.1) is 24.3 Å². The van der Waals surface area contributed by atoms with E-state index < -0.39 is 22.0 Å². The van der Waals surface area contributed by atoms with Crippen molar-refractivity contribution in [2.45, 2.75) is 31.4 Å². The van der Waals surface area contributed by atoms with Crippen molar-refractivity contribution in [1.29, 1.82) is 0 Å². The molecule has 0 aliphatic heterocycles. The van der Waals surface area contributed by atoms with Crippen molar-refractivity contribution >= 4 is 27.3 Å². The third kappa shape index (κ3) is 5.84. The lowest BCUT2D eigenvalue weighted by Crippen LogP contribution is -2.39. The molecular formula is C22H24N2O6S2. The minimum atomic E-state index is -3.82. The molecule has 0 fully saturated rings. The van der Waals surface area contributed by atoms with Crippen LogP contribution in [-0.2, 0) is 26.2 Å². The highest BCUT2D eigenvalue weighted by atomic mass is 32.2. The summed E-state index contributed by atoms with van der Waals surface area (Å²) >= 11 is 1.40. The number of carbonyl (C=O) groups excluding carboxylic acids is 1. The molecule has 1 N–H and O–H groups in total. The van der Waals surface area contributed by atoms with Crippen LogP contribution in [0, 0.1) is 0 Å². The molecule has 1 atom stereocenters. The van der Waals surface area contributed by atoms with Crippen LogP contribution < -0.4 is 14.2 Å². The molecule has 170 valence electrons. The summed E-state index contributed by atoms with van der Waals surface area (Å²) in [7, 11) is -2.25. The Hall–Kier alpha value is -2.95. The molecule has 1 aromatic heterocycles. The van der Waals surface area contributed by atoms with Gasteiger partial charge >= 0.3 is 5.97 Å². The number of aromatic nitrogens is 1. The molecule has 0 aliphatic carbocycles. The number of rotatable bonds is 10. The summed E-state index contributed by atoms with van der Waals surface area (Å²) in [6, 6.07) is 12.3. The maximum Gasteiger partial charge on any atom is 0.324 e. The lowest BCUT2D eigenvalue weighted by molar-refractivity contribution is -0.146. The van der Waals surface area contributed by atoms with Gasteiger partial charge in [-0.25, -0.2) is 13.4 Å². The van der Waals surface area contributed by atoms with Crippen LogP contribution in [0.1, 0.15) is 19.5 Å². The Labute approximate surface area is 191 Å². The zero-order chi connectivity index (χ0) is 23.1. The third-order valence-electron chi connectivity index (χ3n) is 4.36. The number of sulfonamides is 1. The number of hydrogen-bond acceptors (Lipinski definition) is 8. The average Bonchev–Trinajstić information content (AvgIpc) is 3.27. The van der Waals surface area contributed by atoms with E-state index in [1.165, 1.54) is 30.4 Å². The molecule has 3 rings (SSSR count). The first kappa shape index (κ1) is 23.7. The van der Waals surface area contributed by atoms with Crippen molar-refractivity contribution in [3.63, 3.8) is 0 Å². The van der Waals surface area contributed by atoms with Gasteiger partial charge in [-0.05, 0) is 44.2 Å². The smallest absolute Gasteiger partial charge is 0.324 e. The number of methoxy groups -OCH3 is 1. The van der Waals surface area contributed by atoms with Crippen molar-refractivity contribution in [2.75, 3.05) is 13.7 Å². The summed E-state index contributed by atoms with van der Waals surface area (Å²) in [6.45, 7) is 3.79. The first-order valence-corrected chi connectivity index (χ1v) is 12.2. The monoisotopic (exact) mass is 476 g/mol. The van der Waals surface area contributed by atoms with E-state index in [4.69, 9.17) is 14.2 Å². The highest BCUT2D eigenvalue weighted by molar-refractivity contribution is 7.89. The molecule has 0 saturated carbocycles. The van der Waals surface area contributed by atoms with Crippen LogP contribution in [0.2, 0.25) is 0 Å². The van der Waals surface area contributed by atoms with Gasteiger partial charge in [0.1, 0.15) is 17.7 Å². The van der Waals surface area contributed by atoms with Gasteiger partial charge in [0, 0.05) is 10.9 Å². The Balaban J connectivity index is 1.61. The normalized spacial score (nSPS) is 12.2. The number of esters is 1. The van der Waals surface area contributed by atoms with E-state index in [2.05, 4.69) is 9.71 Å². The fourth-order valence-electron chi connectivity index (χ4n) is 2.80. The van der Waals surface area contributed by atoms with E-state index in [0.717, 1.165) is 10.6 Å². The van der Waals surface area contributed by atoms with Crippen LogP contribution in [0.15, 0.2) is 58.8 Å². The molecule has 0 bridgehead atoms. The number of thiazole rings is 1. The third-order valence-corrected chi connectivity index (χ3v) is 6.86. The van der Waals surface area contributed by atoms with Crippen LogP contribution in [0.5, 0.6) is 11.5 Å². The van der Waals surface area contributed by atoms with Gasteiger partial charge in [0.15, 0.2) is 11.5 Å². The summed E-state index contributed by atoms with van der Waals surface area (Å²) in [5.74, 6) is 0.560. The Bertz CT molecular complexity index is 1160. The lowest BCUT2D eigenvalue weighted by Gasteiger charge is -2.13. The standard InChI is InChI=1S/C22H24N2O6S2/c1-4-29-19-11-10-16(12-20(19)28-3)21-23-17(14-31-21)13-30-22(25)15(2)24-32(26,27)18-8-6-5-7-9-18/h5-12,14-15,24H,4,13H2,1-3H3. The maximum absolute atomic E-state index is 12.4. The molecule has 10 heteroatoms. The summed E-state index contributed by atoms with van der Waals surface area (Å²) in [5.41, 5.74) is 1.40. The summed E-state index contributed by atoms with van der Waals surface area (Å²) in [4.78, 5) is 16.9. The molecule has 0 amide bonds. The molecule has 8 nitrogen and oxygen atoms in total. The molecular weight excluding hydrogens is 452 g/mol. The van der Waals surface area contributed by atoms with E-state index in [9.17, 15) is 13.2 Å². The van der Waals surface area contributed by atoms with E-state index in [1.807, 2.05) is 25.1 Å². The van der Waals surface area contributed by atoms with Crippen molar-refractivity contribution < 1.29 is 27.4 Å². The average molecular weight is 477 g/mol. The van der Waals surface area contributed by atoms with Crippen molar-refractivity contribution in [3.05, 3.63) is 59.6 Å². The van der Waals surface area contributed by atoms with E-state index in [1.54, 1.807) is 30.7 Å². The predicted octanol–water partition coefficient (Wildman–Crippen LogP) is 3.63. The van der Waals surface area contributed by atoms with Crippen LogP contribution in [-0.4, -0.2) is 39.1 Å². The van der Waals surface area contributed by atoms with Gasteiger partial charge in [0.2, 0.25) is 10.0 Å². The molecule has 1 unspecified atom stereocenters. The van der Waals surface area contributed by atoms with Crippen molar-refractivity contribution in [2.24, 2.45) is 0 Å². The molecule has 0 radical (unpaired) electrons. The number of nitrogens with one attached hydrogen (secondary N) is 1. The van der Waals surface area contributed by atoms with Gasteiger partial charge in [-0.2, -0.15) is 4.72 Å². The van der Waals surface area contributed by atoms with E-state index in [-0.39, 0.29) is 11.5 Å². The van der Waals surface area contributed by atoms with E-state index >= 15 is 0 Å². The van der Waals surface area contributed by atoms with Gasteiger partial charge < -0.3 is 14.2 Å². The Kier molecular flexibility index (Phi) is 7.84. The highest BCUT2D eigenvalue weighted by Crippen LogP contribution is 2.33. The minimum absolute atomic E-state index is 0.0685. The van der Waals surface area contributed by atoms with Crippen LogP contribution in [0.25, 0.3) is 10.6 Å². The SMILES string of the molecule is CCOc1ccc(-c2nc(COC(=O)C(C)NS(=O)(=O)c3ccccc3)cs2)cc1OC. The molecule has 0 spiro atoms. The van der Waals surface area contributed by atoms with Crippen LogP contribution in [0.3, 0.4) is 0 Å². The Morgan fingerprint density at radius 2 is 1.91 bits per heavy atom. The molecule has 3 aromatic rings. The fourth-order valence-corrected chi connectivity index (χ4v) is 4.81. The van der Waals surface area contributed by atoms with Crippen molar-refractivity contribution in [1.82, 2.24) is 9.71 Å². The second-order valence-corrected chi connectivity index (χ2v) is 9.28. The van der Waals surface area contributed by atoms with Crippen LogP contribution in [0.4, 0.5) is 0 Å². The van der Waals surface area contributed by atoms with Gasteiger partial charge in [-0.1, -0.05) is 18.2 Å². The summed E-state index contributed by atoms with van der Waals surface area (Å²) in [5, 5.41) is 2.51.